The number of allylic oxidation sites excluding steroid dienone is 2. The van der Waals surface area contributed by atoms with E-state index in [2.05, 4.69) is 36.8 Å². The summed E-state index contributed by atoms with van der Waals surface area (Å²) in [5.74, 6) is 1.38. The number of ketones is 1. The van der Waals surface area contributed by atoms with Crippen molar-refractivity contribution in [2.45, 2.75) is 25.3 Å². The number of ether oxygens (including phenoxy) is 1. The van der Waals surface area contributed by atoms with Crippen molar-refractivity contribution in [3.8, 4) is 5.75 Å². The molecule has 4 rings (SSSR count). The van der Waals surface area contributed by atoms with Gasteiger partial charge in [-0.05, 0) is 41.5 Å². The lowest BCUT2D eigenvalue weighted by molar-refractivity contribution is -0.116. The van der Waals surface area contributed by atoms with Crippen LogP contribution in [0.4, 0.5) is 5.95 Å². The predicted octanol–water partition coefficient (Wildman–Crippen LogP) is 2.47. The molecule has 1 atom stereocenters. The highest BCUT2D eigenvalue weighted by Gasteiger charge is 2.37. The second-order valence-corrected chi connectivity index (χ2v) is 6.45. The van der Waals surface area contributed by atoms with Crippen LogP contribution in [0.1, 0.15) is 30.9 Å². The summed E-state index contributed by atoms with van der Waals surface area (Å²) < 4.78 is 8.06. The smallest absolute Gasteiger partial charge is 0.248 e. The number of halogens is 1. The lowest BCUT2D eigenvalue weighted by atomic mass is 9.85. The van der Waals surface area contributed by atoms with Crippen molar-refractivity contribution in [2.75, 3.05) is 12.4 Å². The van der Waals surface area contributed by atoms with E-state index in [1.54, 1.807) is 11.8 Å². The molecule has 0 saturated heterocycles. The Morgan fingerprint density at radius 3 is 3.09 bits per heavy atom. The molecule has 2 aliphatic rings. The summed E-state index contributed by atoms with van der Waals surface area (Å²) >= 11 is 3.49. The highest BCUT2D eigenvalue weighted by molar-refractivity contribution is 9.10. The van der Waals surface area contributed by atoms with E-state index in [0.717, 1.165) is 34.1 Å². The zero-order valence-corrected chi connectivity index (χ0v) is 14.0. The van der Waals surface area contributed by atoms with Crippen LogP contribution in [0.3, 0.4) is 0 Å². The van der Waals surface area contributed by atoms with Gasteiger partial charge < -0.3 is 10.1 Å². The van der Waals surface area contributed by atoms with Crippen LogP contribution < -0.4 is 10.1 Å². The Balaban J connectivity index is 1.96. The molecular formula is C15H14BrN5O2. The standard InChI is InChI=1S/C15H14BrN5O2/c1-23-12-6-5-8(16)7-9(12)14-13-10(3-2-4-11(13)22)17-15-18-19-20-21(14)15/h5-7,14H,2-4H2,1H3,(H,17,18,20)/t14-/m1/s1. The molecule has 1 aliphatic carbocycles. The van der Waals surface area contributed by atoms with Crippen molar-refractivity contribution in [1.82, 2.24) is 20.2 Å². The predicted molar refractivity (Wildman–Crippen MR) is 86.2 cm³/mol. The third-order valence-electron chi connectivity index (χ3n) is 4.22. The molecule has 118 valence electrons. The summed E-state index contributed by atoms with van der Waals surface area (Å²) in [7, 11) is 1.62. The van der Waals surface area contributed by atoms with Crippen molar-refractivity contribution >= 4 is 27.7 Å². The fraction of sp³-hybridized carbons (Fsp3) is 0.333. The van der Waals surface area contributed by atoms with Gasteiger partial charge in [0.2, 0.25) is 5.95 Å². The molecule has 2 aromatic rings. The quantitative estimate of drug-likeness (QED) is 0.867. The second kappa shape index (κ2) is 5.45. The van der Waals surface area contributed by atoms with Gasteiger partial charge in [0.1, 0.15) is 11.8 Å². The largest absolute Gasteiger partial charge is 0.496 e. The van der Waals surface area contributed by atoms with Crippen LogP contribution in [0, 0.1) is 0 Å². The number of nitrogens with zero attached hydrogens (tertiary/aromatic N) is 4. The molecule has 8 heteroatoms. The molecule has 0 saturated carbocycles. The van der Waals surface area contributed by atoms with Gasteiger partial charge in [-0.2, -0.15) is 4.68 Å². The minimum atomic E-state index is -0.378. The van der Waals surface area contributed by atoms with Crippen LogP contribution >= 0.6 is 15.9 Å². The van der Waals surface area contributed by atoms with Crippen LogP contribution in [-0.2, 0) is 4.79 Å². The number of Topliss-reactive ketones (excluding diaryl/α,β-unsaturated/α-hetero) is 1. The van der Waals surface area contributed by atoms with Gasteiger partial charge in [0.25, 0.3) is 0 Å². The first kappa shape index (κ1) is 14.4. The van der Waals surface area contributed by atoms with Crippen LogP contribution in [-0.4, -0.2) is 33.1 Å². The van der Waals surface area contributed by atoms with Crippen molar-refractivity contribution in [3.63, 3.8) is 0 Å². The molecule has 0 spiro atoms. The third-order valence-corrected chi connectivity index (χ3v) is 4.71. The Morgan fingerprint density at radius 2 is 2.26 bits per heavy atom. The number of fused-ring (bicyclic) bond motifs is 1. The lowest BCUT2D eigenvalue weighted by Crippen LogP contribution is -2.31. The number of carbonyl (C=O) groups excluding carboxylic acids is 1. The molecule has 0 bridgehead atoms. The Labute approximate surface area is 140 Å². The van der Waals surface area contributed by atoms with Gasteiger partial charge in [0, 0.05) is 27.7 Å². The number of nitrogens with one attached hydrogen (secondary N) is 1. The lowest BCUT2D eigenvalue weighted by Gasteiger charge is -2.32. The minimum Gasteiger partial charge on any atom is -0.496 e. The number of rotatable bonds is 2. The Hall–Kier alpha value is -2.22. The summed E-state index contributed by atoms with van der Waals surface area (Å²) in [6.07, 6.45) is 2.21. The van der Waals surface area contributed by atoms with E-state index in [1.165, 1.54) is 0 Å². The maximum absolute atomic E-state index is 12.6. The SMILES string of the molecule is COc1ccc(Br)cc1[C@@H]1C2=C(CCCC2=O)Nc2nnnn21. The number of hydrogen-bond donors (Lipinski definition) is 1. The van der Waals surface area contributed by atoms with Crippen molar-refractivity contribution in [1.29, 1.82) is 0 Å². The third kappa shape index (κ3) is 2.24. The molecular weight excluding hydrogens is 362 g/mol. The maximum Gasteiger partial charge on any atom is 0.248 e. The first-order valence-electron chi connectivity index (χ1n) is 7.33. The van der Waals surface area contributed by atoms with Gasteiger partial charge >= 0.3 is 0 Å². The molecule has 23 heavy (non-hydrogen) atoms. The van der Waals surface area contributed by atoms with E-state index < -0.39 is 0 Å². The topological polar surface area (TPSA) is 81.9 Å². The highest BCUT2D eigenvalue weighted by Crippen LogP contribution is 2.42. The van der Waals surface area contributed by atoms with Crippen molar-refractivity contribution in [2.24, 2.45) is 0 Å². The van der Waals surface area contributed by atoms with Gasteiger partial charge in [-0.25, -0.2) is 0 Å². The van der Waals surface area contributed by atoms with Gasteiger partial charge in [-0.15, -0.1) is 0 Å². The van der Waals surface area contributed by atoms with Gasteiger partial charge in [0.05, 0.1) is 7.11 Å². The highest BCUT2D eigenvalue weighted by atomic mass is 79.9. The molecule has 1 aromatic heterocycles. The number of methoxy groups -OCH3 is 1. The van der Waals surface area contributed by atoms with E-state index in [0.29, 0.717) is 18.1 Å². The van der Waals surface area contributed by atoms with Crippen LogP contribution in [0.2, 0.25) is 0 Å². The van der Waals surface area contributed by atoms with E-state index >= 15 is 0 Å². The molecule has 0 fully saturated rings. The molecule has 7 nitrogen and oxygen atoms in total. The van der Waals surface area contributed by atoms with Crippen molar-refractivity contribution < 1.29 is 9.53 Å². The average molecular weight is 376 g/mol. The first-order chi connectivity index (χ1) is 11.2. The fourth-order valence-corrected chi connectivity index (χ4v) is 3.60. The summed E-state index contributed by atoms with van der Waals surface area (Å²) in [5, 5.41) is 15.0. The number of hydrogen-bond acceptors (Lipinski definition) is 6. The second-order valence-electron chi connectivity index (χ2n) is 5.53. The summed E-state index contributed by atoms with van der Waals surface area (Å²) in [6.45, 7) is 0. The van der Waals surface area contributed by atoms with E-state index in [9.17, 15) is 4.79 Å². The van der Waals surface area contributed by atoms with Crippen molar-refractivity contribution in [3.05, 3.63) is 39.5 Å². The van der Waals surface area contributed by atoms with Gasteiger partial charge in [-0.1, -0.05) is 21.0 Å². The summed E-state index contributed by atoms with van der Waals surface area (Å²) in [6, 6.07) is 5.35. The zero-order chi connectivity index (χ0) is 16.0. The van der Waals surface area contributed by atoms with E-state index in [-0.39, 0.29) is 11.8 Å². The zero-order valence-electron chi connectivity index (χ0n) is 12.4. The summed E-state index contributed by atoms with van der Waals surface area (Å²) in [4.78, 5) is 12.6. The van der Waals surface area contributed by atoms with Gasteiger partial charge in [-0.3, -0.25) is 4.79 Å². The monoisotopic (exact) mass is 375 g/mol. The average Bonchev–Trinajstić information content (AvgIpc) is 3.01. The Bertz CT molecular complexity index is 829. The first-order valence-corrected chi connectivity index (χ1v) is 8.13. The normalized spacial score (nSPS) is 19.9. The maximum atomic E-state index is 12.6. The minimum absolute atomic E-state index is 0.131. The molecule has 2 heterocycles. The molecule has 1 N–H and O–H groups in total. The number of aromatic nitrogens is 4. The Morgan fingerprint density at radius 1 is 1.39 bits per heavy atom. The fourth-order valence-electron chi connectivity index (χ4n) is 3.22. The summed E-state index contributed by atoms with van der Waals surface area (Å²) in [5.41, 5.74) is 2.50. The molecule has 0 unspecified atom stereocenters. The molecule has 1 aromatic carbocycles. The number of anilines is 1. The van der Waals surface area contributed by atoms with Crippen LogP contribution in [0.15, 0.2) is 33.9 Å². The van der Waals surface area contributed by atoms with E-state index in [4.69, 9.17) is 4.74 Å². The van der Waals surface area contributed by atoms with E-state index in [1.807, 2.05) is 18.2 Å². The molecule has 0 amide bonds. The van der Waals surface area contributed by atoms with Crippen LogP contribution in [0.5, 0.6) is 5.75 Å². The molecule has 1 aliphatic heterocycles. The number of tetrazole rings is 1. The molecule has 0 radical (unpaired) electrons. The van der Waals surface area contributed by atoms with Gasteiger partial charge in [0.15, 0.2) is 5.78 Å². The number of benzene rings is 1. The Kier molecular flexibility index (Phi) is 3.41. The van der Waals surface area contributed by atoms with Crippen LogP contribution in [0.25, 0.3) is 0 Å². The number of carbonyl (C=O) groups is 1.